The predicted octanol–water partition coefficient (Wildman–Crippen LogP) is 1.74. The van der Waals surface area contributed by atoms with Crippen LogP contribution in [-0.2, 0) is 0 Å². The number of nitrogens with two attached hydrogens (primary N) is 1. The summed E-state index contributed by atoms with van der Waals surface area (Å²) >= 11 is 4.74. The van der Waals surface area contributed by atoms with Gasteiger partial charge in [-0.3, -0.25) is 0 Å². The highest BCUT2D eigenvalue weighted by Gasteiger charge is 2.20. The van der Waals surface area contributed by atoms with Gasteiger partial charge in [-0.1, -0.05) is 12.2 Å². The molecule has 2 N–H and O–H groups in total. The van der Waals surface area contributed by atoms with Crippen molar-refractivity contribution < 1.29 is 8.78 Å². The molecule has 1 fully saturated rings. The molecule has 1 aliphatic heterocycles. The molecule has 0 radical (unpaired) electrons. The van der Waals surface area contributed by atoms with Gasteiger partial charge in [0.2, 0.25) is 0 Å². The number of halogens is 2. The summed E-state index contributed by atoms with van der Waals surface area (Å²) in [7, 11) is 2.01. The molecule has 19 heavy (non-hydrogen) atoms. The van der Waals surface area contributed by atoms with E-state index >= 15 is 0 Å². The average molecular weight is 285 g/mol. The molecule has 1 aliphatic rings. The van der Waals surface area contributed by atoms with Crippen LogP contribution in [0.5, 0.6) is 0 Å². The first kappa shape index (κ1) is 14.1. The van der Waals surface area contributed by atoms with Gasteiger partial charge >= 0.3 is 0 Å². The summed E-state index contributed by atoms with van der Waals surface area (Å²) in [6, 6.07) is 2.41. The van der Waals surface area contributed by atoms with Crippen molar-refractivity contribution in [3.63, 3.8) is 0 Å². The first-order valence-electron chi connectivity index (χ1n) is 6.21. The third kappa shape index (κ3) is 3.19. The van der Waals surface area contributed by atoms with E-state index in [1.54, 1.807) is 4.90 Å². The molecule has 0 atom stereocenters. The predicted molar refractivity (Wildman–Crippen MR) is 76.6 cm³/mol. The minimum atomic E-state index is -0.604. The SMILES string of the molecule is CN1CCCN(c2c(F)cc(C(N)=S)cc2F)CC1. The molecule has 0 aliphatic carbocycles. The maximum absolute atomic E-state index is 14.1. The van der Waals surface area contributed by atoms with E-state index in [4.69, 9.17) is 18.0 Å². The van der Waals surface area contributed by atoms with Gasteiger partial charge in [-0.25, -0.2) is 8.78 Å². The van der Waals surface area contributed by atoms with Gasteiger partial charge in [-0.05, 0) is 32.1 Å². The van der Waals surface area contributed by atoms with Gasteiger partial charge in [0.1, 0.15) is 22.3 Å². The highest BCUT2D eigenvalue weighted by molar-refractivity contribution is 7.80. The lowest BCUT2D eigenvalue weighted by Gasteiger charge is -2.24. The molecule has 0 spiro atoms. The molecule has 0 saturated carbocycles. The highest BCUT2D eigenvalue weighted by atomic mass is 32.1. The number of likely N-dealkylation sites (N-methyl/N-ethyl adjacent to an activating group) is 1. The van der Waals surface area contributed by atoms with Crippen molar-refractivity contribution in [2.45, 2.75) is 6.42 Å². The number of anilines is 1. The lowest BCUT2D eigenvalue weighted by atomic mass is 10.1. The normalized spacial score (nSPS) is 17.3. The van der Waals surface area contributed by atoms with Gasteiger partial charge in [0.15, 0.2) is 0 Å². The molecule has 1 aromatic carbocycles. The minimum absolute atomic E-state index is 0.0000466. The molecule has 2 rings (SSSR count). The number of nitrogens with zero attached hydrogens (tertiary/aromatic N) is 2. The summed E-state index contributed by atoms with van der Waals surface area (Å²) in [5.41, 5.74) is 5.65. The Kier molecular flexibility index (Phi) is 4.31. The van der Waals surface area contributed by atoms with Crippen molar-refractivity contribution in [3.8, 4) is 0 Å². The van der Waals surface area contributed by atoms with Crippen LogP contribution in [0.25, 0.3) is 0 Å². The molecular formula is C13H17F2N3S. The summed E-state index contributed by atoms with van der Waals surface area (Å²) in [5.74, 6) is -1.21. The van der Waals surface area contributed by atoms with E-state index < -0.39 is 11.6 Å². The second-order valence-electron chi connectivity index (χ2n) is 4.80. The van der Waals surface area contributed by atoms with Crippen LogP contribution in [0.3, 0.4) is 0 Å². The van der Waals surface area contributed by atoms with Crippen LogP contribution in [0, 0.1) is 11.6 Å². The van der Waals surface area contributed by atoms with Crippen molar-refractivity contribution in [3.05, 3.63) is 29.3 Å². The fraction of sp³-hybridized carbons (Fsp3) is 0.462. The van der Waals surface area contributed by atoms with Crippen molar-refractivity contribution in [1.82, 2.24) is 4.90 Å². The number of benzene rings is 1. The Morgan fingerprint density at radius 3 is 2.37 bits per heavy atom. The van der Waals surface area contributed by atoms with E-state index in [1.807, 2.05) is 7.05 Å². The second kappa shape index (κ2) is 5.79. The van der Waals surface area contributed by atoms with E-state index in [9.17, 15) is 8.78 Å². The Morgan fingerprint density at radius 2 is 1.79 bits per heavy atom. The van der Waals surface area contributed by atoms with Crippen LogP contribution in [0.4, 0.5) is 14.5 Å². The van der Waals surface area contributed by atoms with Crippen LogP contribution in [0.1, 0.15) is 12.0 Å². The molecule has 0 amide bonds. The number of hydrogen-bond acceptors (Lipinski definition) is 3. The molecule has 1 saturated heterocycles. The van der Waals surface area contributed by atoms with E-state index in [0.29, 0.717) is 13.1 Å². The third-order valence-corrected chi connectivity index (χ3v) is 3.57. The quantitative estimate of drug-likeness (QED) is 0.839. The molecule has 1 aromatic rings. The molecule has 0 unspecified atom stereocenters. The van der Waals surface area contributed by atoms with Crippen LogP contribution in [0.2, 0.25) is 0 Å². The van der Waals surface area contributed by atoms with E-state index in [2.05, 4.69) is 4.90 Å². The lowest BCUT2D eigenvalue weighted by Crippen LogP contribution is -2.30. The molecular weight excluding hydrogens is 268 g/mol. The Morgan fingerprint density at radius 1 is 1.16 bits per heavy atom. The first-order valence-corrected chi connectivity index (χ1v) is 6.62. The fourth-order valence-corrected chi connectivity index (χ4v) is 2.40. The van der Waals surface area contributed by atoms with E-state index in [0.717, 1.165) is 19.5 Å². The van der Waals surface area contributed by atoms with Crippen molar-refractivity contribution in [2.24, 2.45) is 5.73 Å². The van der Waals surface area contributed by atoms with E-state index in [-0.39, 0.29) is 16.2 Å². The maximum atomic E-state index is 14.1. The standard InChI is InChI=1S/C13H17F2N3S/c1-17-3-2-4-18(6-5-17)12-10(14)7-9(13(16)19)8-11(12)15/h7-8H,2-6H2,1H3,(H2,16,19). The largest absolute Gasteiger partial charge is 0.389 e. The third-order valence-electron chi connectivity index (χ3n) is 3.34. The zero-order valence-corrected chi connectivity index (χ0v) is 11.6. The van der Waals surface area contributed by atoms with Crippen LogP contribution >= 0.6 is 12.2 Å². The van der Waals surface area contributed by atoms with Gasteiger partial charge in [0, 0.05) is 25.2 Å². The van der Waals surface area contributed by atoms with Gasteiger partial charge in [-0.15, -0.1) is 0 Å². The minimum Gasteiger partial charge on any atom is -0.389 e. The van der Waals surface area contributed by atoms with E-state index in [1.165, 1.54) is 12.1 Å². The average Bonchev–Trinajstić information content (AvgIpc) is 2.53. The number of hydrogen-bond donors (Lipinski definition) is 1. The molecule has 0 bridgehead atoms. The van der Waals surface area contributed by atoms with Crippen molar-refractivity contribution in [2.75, 3.05) is 38.1 Å². The number of rotatable bonds is 2. The van der Waals surface area contributed by atoms with Gasteiger partial charge in [-0.2, -0.15) is 0 Å². The lowest BCUT2D eigenvalue weighted by molar-refractivity contribution is 0.360. The second-order valence-corrected chi connectivity index (χ2v) is 5.24. The molecule has 1 heterocycles. The van der Waals surface area contributed by atoms with Crippen LogP contribution in [0.15, 0.2) is 12.1 Å². The Balaban J connectivity index is 2.31. The summed E-state index contributed by atoms with van der Waals surface area (Å²) in [5, 5.41) is 0. The van der Waals surface area contributed by atoms with Crippen LogP contribution < -0.4 is 10.6 Å². The molecule has 6 heteroatoms. The molecule has 3 nitrogen and oxygen atoms in total. The Labute approximate surface area is 117 Å². The number of thiocarbonyl (C=S) groups is 1. The maximum Gasteiger partial charge on any atom is 0.150 e. The van der Waals surface area contributed by atoms with Crippen molar-refractivity contribution in [1.29, 1.82) is 0 Å². The van der Waals surface area contributed by atoms with Crippen LogP contribution in [-0.4, -0.2) is 43.1 Å². The van der Waals surface area contributed by atoms with Gasteiger partial charge in [0.05, 0.1) is 0 Å². The Hall–Kier alpha value is -1.27. The Bertz CT molecular complexity index is 470. The zero-order chi connectivity index (χ0) is 14.0. The topological polar surface area (TPSA) is 32.5 Å². The monoisotopic (exact) mass is 285 g/mol. The molecule has 0 aromatic heterocycles. The summed E-state index contributed by atoms with van der Waals surface area (Å²) in [4.78, 5) is 3.90. The fourth-order valence-electron chi connectivity index (χ4n) is 2.28. The summed E-state index contributed by atoms with van der Waals surface area (Å²) in [6.45, 7) is 2.97. The smallest absolute Gasteiger partial charge is 0.150 e. The summed E-state index contributed by atoms with van der Waals surface area (Å²) in [6.07, 6.45) is 0.881. The van der Waals surface area contributed by atoms with Gasteiger partial charge in [0.25, 0.3) is 0 Å². The zero-order valence-electron chi connectivity index (χ0n) is 10.8. The molecule has 104 valence electrons. The highest BCUT2D eigenvalue weighted by Crippen LogP contribution is 2.26. The van der Waals surface area contributed by atoms with Crippen molar-refractivity contribution >= 4 is 22.9 Å². The van der Waals surface area contributed by atoms with Gasteiger partial charge < -0.3 is 15.5 Å². The first-order chi connectivity index (χ1) is 8.99. The summed E-state index contributed by atoms with van der Waals surface area (Å²) < 4.78 is 28.2.